The van der Waals surface area contributed by atoms with E-state index >= 15 is 0 Å². The van der Waals surface area contributed by atoms with E-state index in [0.29, 0.717) is 13.0 Å². The molecule has 1 aromatic rings. The third-order valence-electron chi connectivity index (χ3n) is 3.54. The smallest absolute Gasteiger partial charge is 0.313 e. The number of carbonyl (C=O) groups excluding carboxylic acids is 1. The van der Waals surface area contributed by atoms with Crippen molar-refractivity contribution in [1.82, 2.24) is 0 Å². The van der Waals surface area contributed by atoms with Crippen molar-refractivity contribution in [2.75, 3.05) is 6.61 Å². The summed E-state index contributed by atoms with van der Waals surface area (Å²) in [7, 11) is 0. The van der Waals surface area contributed by atoms with E-state index in [1.165, 1.54) is 0 Å². The van der Waals surface area contributed by atoms with Gasteiger partial charge in [-0.15, -0.1) is 6.58 Å². The van der Waals surface area contributed by atoms with Crippen molar-refractivity contribution in [1.29, 1.82) is 0 Å². The highest BCUT2D eigenvalue weighted by atomic mass is 16.5. The fraction of sp³-hybridized carbons (Fsp3) is 0.353. The number of carbonyl (C=O) groups is 1. The number of ether oxygens (including phenoxy) is 1. The highest BCUT2D eigenvalue weighted by Crippen LogP contribution is 2.40. The second-order valence-electron chi connectivity index (χ2n) is 5.58. The van der Waals surface area contributed by atoms with E-state index in [0.717, 1.165) is 11.1 Å². The molecule has 0 aromatic heterocycles. The van der Waals surface area contributed by atoms with Crippen LogP contribution in [-0.2, 0) is 9.53 Å². The van der Waals surface area contributed by atoms with Crippen LogP contribution in [0.4, 0.5) is 0 Å². The number of cyclic esters (lactones) is 1. The van der Waals surface area contributed by atoms with Gasteiger partial charge in [-0.05, 0) is 17.6 Å². The first-order valence-electron chi connectivity index (χ1n) is 6.59. The first-order valence-corrected chi connectivity index (χ1v) is 6.59. The molecule has 1 aliphatic heterocycles. The monoisotopic (exact) mass is 256 g/mol. The molecule has 1 heterocycles. The van der Waals surface area contributed by atoms with Gasteiger partial charge in [0.1, 0.15) is 6.61 Å². The second kappa shape index (κ2) is 5.43. The van der Waals surface area contributed by atoms with Crippen LogP contribution in [0, 0.1) is 11.3 Å². The molecule has 0 spiro atoms. The summed E-state index contributed by atoms with van der Waals surface area (Å²) in [5, 5.41) is 0. The van der Waals surface area contributed by atoms with Crippen LogP contribution in [-0.4, -0.2) is 12.6 Å². The van der Waals surface area contributed by atoms with Crippen LogP contribution in [0.2, 0.25) is 0 Å². The number of hydrogen-bond acceptors (Lipinski definition) is 2. The molecule has 0 bridgehead atoms. The minimum Gasteiger partial charge on any atom is -0.464 e. The van der Waals surface area contributed by atoms with Gasteiger partial charge in [0, 0.05) is 5.41 Å². The Hall–Kier alpha value is -1.83. The van der Waals surface area contributed by atoms with E-state index in [-0.39, 0.29) is 17.3 Å². The lowest BCUT2D eigenvalue weighted by Gasteiger charge is -2.37. The molecule has 0 amide bonds. The fourth-order valence-electron chi connectivity index (χ4n) is 2.45. The largest absolute Gasteiger partial charge is 0.464 e. The van der Waals surface area contributed by atoms with Crippen LogP contribution < -0.4 is 0 Å². The summed E-state index contributed by atoms with van der Waals surface area (Å²) in [6.45, 7) is 8.42. The topological polar surface area (TPSA) is 26.3 Å². The molecule has 100 valence electrons. The molecule has 2 heteroatoms. The van der Waals surface area contributed by atoms with Gasteiger partial charge in [-0.1, -0.05) is 56.3 Å². The molecule has 2 rings (SSSR count). The van der Waals surface area contributed by atoms with Crippen molar-refractivity contribution < 1.29 is 9.53 Å². The Morgan fingerprint density at radius 2 is 2.05 bits per heavy atom. The standard InChI is InChI=1S/C17H20O2/c1-4-8-14-15(11-13-9-6-5-7-10-13)17(2,3)12-19-16(14)18/h4-7,9-11,14H,1,8,12H2,2-3H3/b15-11+. The Kier molecular flexibility index (Phi) is 3.89. The van der Waals surface area contributed by atoms with Gasteiger partial charge in [0.2, 0.25) is 0 Å². The lowest BCUT2D eigenvalue weighted by molar-refractivity contribution is -0.154. The summed E-state index contributed by atoms with van der Waals surface area (Å²) in [6, 6.07) is 10.1. The van der Waals surface area contributed by atoms with Gasteiger partial charge in [-0.25, -0.2) is 0 Å². The summed E-state index contributed by atoms with van der Waals surface area (Å²) in [5.41, 5.74) is 2.13. The molecular formula is C17H20O2. The van der Waals surface area contributed by atoms with E-state index in [4.69, 9.17) is 4.74 Å². The molecule has 1 atom stereocenters. The molecule has 0 saturated carbocycles. The summed E-state index contributed by atoms with van der Waals surface area (Å²) in [5.74, 6) is -0.345. The average Bonchev–Trinajstić information content (AvgIpc) is 2.40. The van der Waals surface area contributed by atoms with Crippen molar-refractivity contribution in [3.05, 3.63) is 54.1 Å². The molecule has 1 unspecified atom stereocenters. The van der Waals surface area contributed by atoms with Crippen LogP contribution in [0.25, 0.3) is 6.08 Å². The zero-order valence-corrected chi connectivity index (χ0v) is 11.6. The van der Waals surface area contributed by atoms with E-state index in [2.05, 4.69) is 26.5 Å². The highest BCUT2D eigenvalue weighted by Gasteiger charge is 2.39. The molecule has 1 aromatic carbocycles. The van der Waals surface area contributed by atoms with Crippen LogP contribution in [0.15, 0.2) is 48.6 Å². The molecule has 1 saturated heterocycles. The van der Waals surface area contributed by atoms with Crippen molar-refractivity contribution in [3.63, 3.8) is 0 Å². The van der Waals surface area contributed by atoms with Gasteiger partial charge in [0.25, 0.3) is 0 Å². The quantitative estimate of drug-likeness (QED) is 0.606. The van der Waals surface area contributed by atoms with Crippen LogP contribution in [0.3, 0.4) is 0 Å². The third kappa shape index (κ3) is 2.95. The number of esters is 1. The molecule has 19 heavy (non-hydrogen) atoms. The second-order valence-corrected chi connectivity index (χ2v) is 5.58. The predicted octanol–water partition coefficient (Wildman–Crippen LogP) is 3.85. The summed E-state index contributed by atoms with van der Waals surface area (Å²) in [6.07, 6.45) is 4.53. The minimum absolute atomic E-state index is 0.128. The Morgan fingerprint density at radius 1 is 1.37 bits per heavy atom. The van der Waals surface area contributed by atoms with E-state index < -0.39 is 0 Å². The number of allylic oxidation sites excluding steroid dienone is 1. The third-order valence-corrected chi connectivity index (χ3v) is 3.54. The molecule has 2 nitrogen and oxygen atoms in total. The molecular weight excluding hydrogens is 236 g/mol. The van der Waals surface area contributed by atoms with Gasteiger partial charge in [-0.2, -0.15) is 0 Å². The van der Waals surface area contributed by atoms with Gasteiger partial charge in [0.05, 0.1) is 5.92 Å². The summed E-state index contributed by atoms with van der Waals surface area (Å²) < 4.78 is 5.30. The first-order chi connectivity index (χ1) is 9.04. The van der Waals surface area contributed by atoms with E-state index in [1.807, 2.05) is 30.3 Å². The van der Waals surface area contributed by atoms with Crippen LogP contribution >= 0.6 is 0 Å². The molecule has 0 radical (unpaired) electrons. The zero-order valence-electron chi connectivity index (χ0n) is 11.6. The highest BCUT2D eigenvalue weighted by molar-refractivity contribution is 5.80. The lowest BCUT2D eigenvalue weighted by Crippen LogP contribution is -2.38. The van der Waals surface area contributed by atoms with Gasteiger partial charge in [-0.3, -0.25) is 4.79 Å². The molecule has 1 aliphatic rings. The fourth-order valence-corrected chi connectivity index (χ4v) is 2.45. The van der Waals surface area contributed by atoms with E-state index in [1.54, 1.807) is 6.08 Å². The summed E-state index contributed by atoms with van der Waals surface area (Å²) >= 11 is 0. The normalized spacial score (nSPS) is 24.0. The van der Waals surface area contributed by atoms with Crippen molar-refractivity contribution in [3.8, 4) is 0 Å². The molecule has 0 aliphatic carbocycles. The number of benzene rings is 1. The molecule has 0 N–H and O–H groups in total. The maximum atomic E-state index is 12.0. The maximum absolute atomic E-state index is 12.0. The van der Waals surface area contributed by atoms with E-state index in [9.17, 15) is 4.79 Å². The predicted molar refractivity (Wildman–Crippen MR) is 77.5 cm³/mol. The number of rotatable bonds is 3. The van der Waals surface area contributed by atoms with Crippen molar-refractivity contribution in [2.45, 2.75) is 20.3 Å². The zero-order chi connectivity index (χ0) is 13.9. The molecule has 1 fully saturated rings. The maximum Gasteiger partial charge on any atom is 0.313 e. The first kappa shape index (κ1) is 13.6. The van der Waals surface area contributed by atoms with Gasteiger partial charge in [0.15, 0.2) is 0 Å². The Bertz CT molecular complexity index is 497. The lowest BCUT2D eigenvalue weighted by atomic mass is 9.74. The Labute approximate surface area is 114 Å². The minimum atomic E-state index is -0.207. The average molecular weight is 256 g/mol. The van der Waals surface area contributed by atoms with Crippen LogP contribution in [0.5, 0.6) is 0 Å². The van der Waals surface area contributed by atoms with Crippen molar-refractivity contribution in [2.24, 2.45) is 11.3 Å². The Morgan fingerprint density at radius 3 is 2.68 bits per heavy atom. The van der Waals surface area contributed by atoms with Gasteiger partial charge < -0.3 is 4.74 Å². The van der Waals surface area contributed by atoms with Crippen molar-refractivity contribution >= 4 is 12.0 Å². The van der Waals surface area contributed by atoms with Gasteiger partial charge >= 0.3 is 5.97 Å². The number of hydrogen-bond donors (Lipinski definition) is 0. The summed E-state index contributed by atoms with van der Waals surface area (Å²) in [4.78, 5) is 12.0. The SMILES string of the molecule is C=CCC1C(=O)OCC(C)(C)/C1=C/c1ccccc1. The Balaban J connectivity index is 2.43. The van der Waals surface area contributed by atoms with Crippen LogP contribution in [0.1, 0.15) is 25.8 Å².